The van der Waals surface area contributed by atoms with Crippen LogP contribution in [0.15, 0.2) is 58.4 Å². The van der Waals surface area contributed by atoms with E-state index >= 15 is 0 Å². The van der Waals surface area contributed by atoms with Crippen LogP contribution in [-0.2, 0) is 6.54 Å². The standard InChI is InChI=1S/C15H12N2O4/c18-11-8-12(19)17-7-6-16(15(21)13(17)14(11)20)9-10-4-2-1-3-5-10/h1-8,18,20H,9H2. The molecular formula is C15H12N2O4. The van der Waals surface area contributed by atoms with Crippen LogP contribution in [0.5, 0.6) is 11.5 Å². The average Bonchev–Trinajstić information content (AvgIpc) is 2.48. The van der Waals surface area contributed by atoms with Gasteiger partial charge in [0, 0.05) is 18.5 Å². The Morgan fingerprint density at radius 2 is 1.71 bits per heavy atom. The lowest BCUT2D eigenvalue weighted by Gasteiger charge is -2.09. The second-order valence-corrected chi connectivity index (χ2v) is 4.65. The van der Waals surface area contributed by atoms with Crippen LogP contribution >= 0.6 is 0 Å². The molecule has 2 aromatic heterocycles. The largest absolute Gasteiger partial charge is 0.504 e. The number of rotatable bonds is 2. The van der Waals surface area contributed by atoms with E-state index in [-0.39, 0.29) is 5.52 Å². The van der Waals surface area contributed by atoms with Gasteiger partial charge in [-0.05, 0) is 5.56 Å². The third-order valence-electron chi connectivity index (χ3n) is 3.26. The topological polar surface area (TPSA) is 83.9 Å². The number of fused-ring (bicyclic) bond motifs is 1. The Morgan fingerprint density at radius 1 is 1.00 bits per heavy atom. The van der Waals surface area contributed by atoms with Crippen molar-refractivity contribution in [2.75, 3.05) is 0 Å². The Labute approximate surface area is 118 Å². The summed E-state index contributed by atoms with van der Waals surface area (Å²) in [7, 11) is 0. The average molecular weight is 284 g/mol. The van der Waals surface area contributed by atoms with Crippen molar-refractivity contribution in [3.8, 4) is 11.5 Å². The maximum atomic E-state index is 12.4. The molecule has 0 aliphatic rings. The lowest BCUT2D eigenvalue weighted by atomic mass is 10.2. The number of pyridine rings is 1. The Balaban J connectivity index is 2.23. The van der Waals surface area contributed by atoms with E-state index in [1.54, 1.807) is 0 Å². The van der Waals surface area contributed by atoms with Crippen LogP contribution in [0.3, 0.4) is 0 Å². The van der Waals surface area contributed by atoms with Crippen molar-refractivity contribution in [2.24, 2.45) is 0 Å². The number of benzene rings is 1. The summed E-state index contributed by atoms with van der Waals surface area (Å²) >= 11 is 0. The normalized spacial score (nSPS) is 10.9. The molecule has 106 valence electrons. The zero-order chi connectivity index (χ0) is 15.0. The van der Waals surface area contributed by atoms with Crippen LogP contribution in [0.25, 0.3) is 5.52 Å². The first-order valence-corrected chi connectivity index (χ1v) is 6.28. The first-order valence-electron chi connectivity index (χ1n) is 6.28. The van der Waals surface area contributed by atoms with E-state index in [1.165, 1.54) is 17.0 Å². The fourth-order valence-electron chi connectivity index (χ4n) is 2.21. The molecule has 6 nitrogen and oxygen atoms in total. The summed E-state index contributed by atoms with van der Waals surface area (Å²) in [4.78, 5) is 24.1. The summed E-state index contributed by atoms with van der Waals surface area (Å²) in [5.41, 5.74) is -0.458. The van der Waals surface area contributed by atoms with E-state index in [4.69, 9.17) is 0 Å². The van der Waals surface area contributed by atoms with E-state index in [0.717, 1.165) is 16.0 Å². The Bertz CT molecular complexity index is 926. The highest BCUT2D eigenvalue weighted by molar-refractivity contribution is 5.63. The minimum absolute atomic E-state index is 0.238. The molecule has 2 heterocycles. The predicted octanol–water partition coefficient (Wildman–Crippen LogP) is 0.921. The smallest absolute Gasteiger partial charge is 0.279 e. The van der Waals surface area contributed by atoms with Gasteiger partial charge in [-0.15, -0.1) is 0 Å². The lowest BCUT2D eigenvalue weighted by Crippen LogP contribution is -2.26. The SMILES string of the molecule is O=c1c2c(O)c(O)cc(=O)n2ccn1Cc1ccccc1. The number of aromatic hydroxyl groups is 2. The Morgan fingerprint density at radius 3 is 2.43 bits per heavy atom. The van der Waals surface area contributed by atoms with Gasteiger partial charge in [0.25, 0.3) is 11.1 Å². The maximum Gasteiger partial charge on any atom is 0.279 e. The van der Waals surface area contributed by atoms with Crippen LogP contribution in [0, 0.1) is 0 Å². The van der Waals surface area contributed by atoms with Crippen LogP contribution in [-0.4, -0.2) is 19.2 Å². The fourth-order valence-corrected chi connectivity index (χ4v) is 2.21. The van der Waals surface area contributed by atoms with Gasteiger partial charge < -0.3 is 14.8 Å². The van der Waals surface area contributed by atoms with Gasteiger partial charge in [0.2, 0.25) is 0 Å². The van der Waals surface area contributed by atoms with Gasteiger partial charge in [-0.3, -0.25) is 14.0 Å². The van der Waals surface area contributed by atoms with Crippen LogP contribution < -0.4 is 11.1 Å². The fraction of sp³-hybridized carbons (Fsp3) is 0.0667. The second kappa shape index (κ2) is 4.82. The molecule has 0 saturated carbocycles. The zero-order valence-electron chi connectivity index (χ0n) is 10.9. The molecule has 0 spiro atoms. The summed E-state index contributed by atoms with van der Waals surface area (Å²) < 4.78 is 2.38. The molecule has 0 radical (unpaired) electrons. The summed E-state index contributed by atoms with van der Waals surface area (Å²) in [6, 6.07) is 10.2. The lowest BCUT2D eigenvalue weighted by molar-refractivity contribution is 0.404. The van der Waals surface area contributed by atoms with Gasteiger partial charge in [-0.25, -0.2) is 0 Å². The van der Waals surface area contributed by atoms with Crippen LogP contribution in [0.2, 0.25) is 0 Å². The van der Waals surface area contributed by atoms with Crippen LogP contribution in [0.1, 0.15) is 5.56 Å². The van der Waals surface area contributed by atoms with Crippen molar-refractivity contribution in [3.63, 3.8) is 0 Å². The summed E-state index contributed by atoms with van der Waals surface area (Å²) in [5, 5.41) is 19.3. The first-order chi connectivity index (χ1) is 10.1. The van der Waals surface area contributed by atoms with Gasteiger partial charge in [0.05, 0.1) is 6.54 Å². The monoisotopic (exact) mass is 284 g/mol. The molecule has 0 unspecified atom stereocenters. The van der Waals surface area contributed by atoms with Gasteiger partial charge in [-0.1, -0.05) is 30.3 Å². The number of hydrogen-bond donors (Lipinski definition) is 2. The molecule has 6 heteroatoms. The molecule has 3 rings (SSSR count). The third kappa shape index (κ3) is 2.16. The van der Waals surface area contributed by atoms with Crippen molar-refractivity contribution in [3.05, 3.63) is 75.1 Å². The van der Waals surface area contributed by atoms with E-state index in [0.29, 0.717) is 6.54 Å². The summed E-state index contributed by atoms with van der Waals surface area (Å²) in [6.45, 7) is 0.305. The molecule has 0 saturated heterocycles. The van der Waals surface area contributed by atoms with E-state index < -0.39 is 22.6 Å². The first kappa shape index (κ1) is 13.0. The molecule has 0 amide bonds. The second-order valence-electron chi connectivity index (χ2n) is 4.65. The van der Waals surface area contributed by atoms with Crippen LogP contribution in [0.4, 0.5) is 0 Å². The Kier molecular flexibility index (Phi) is 2.98. The maximum absolute atomic E-state index is 12.4. The van der Waals surface area contributed by atoms with E-state index in [9.17, 15) is 19.8 Å². The molecule has 0 aliphatic carbocycles. The number of aromatic nitrogens is 2. The quantitative estimate of drug-likeness (QED) is 0.733. The van der Waals surface area contributed by atoms with Crippen molar-refractivity contribution in [1.29, 1.82) is 0 Å². The van der Waals surface area contributed by atoms with Crippen molar-refractivity contribution < 1.29 is 10.2 Å². The highest BCUT2D eigenvalue weighted by atomic mass is 16.3. The highest BCUT2D eigenvalue weighted by Crippen LogP contribution is 2.24. The zero-order valence-corrected chi connectivity index (χ0v) is 10.9. The molecule has 0 aliphatic heterocycles. The van der Waals surface area contributed by atoms with Gasteiger partial charge >= 0.3 is 0 Å². The number of nitrogens with zero attached hydrogens (tertiary/aromatic N) is 2. The molecule has 2 N–H and O–H groups in total. The molecule has 0 atom stereocenters. The molecule has 3 aromatic rings. The van der Waals surface area contributed by atoms with E-state index in [1.807, 2.05) is 30.3 Å². The van der Waals surface area contributed by atoms with E-state index in [2.05, 4.69) is 0 Å². The van der Waals surface area contributed by atoms with Crippen molar-refractivity contribution >= 4 is 5.52 Å². The number of hydrogen-bond acceptors (Lipinski definition) is 4. The summed E-state index contributed by atoms with van der Waals surface area (Å²) in [6.07, 6.45) is 2.86. The molecule has 1 aromatic carbocycles. The Hall–Kier alpha value is -3.02. The third-order valence-corrected chi connectivity index (χ3v) is 3.26. The molecule has 0 fully saturated rings. The molecular weight excluding hydrogens is 272 g/mol. The minimum Gasteiger partial charge on any atom is -0.504 e. The molecule has 0 bridgehead atoms. The molecule has 21 heavy (non-hydrogen) atoms. The summed E-state index contributed by atoms with van der Waals surface area (Å²) in [5.74, 6) is -1.20. The van der Waals surface area contributed by atoms with Gasteiger partial charge in [-0.2, -0.15) is 0 Å². The van der Waals surface area contributed by atoms with Crippen molar-refractivity contribution in [2.45, 2.75) is 6.54 Å². The van der Waals surface area contributed by atoms with Gasteiger partial charge in [0.15, 0.2) is 17.0 Å². The van der Waals surface area contributed by atoms with Gasteiger partial charge in [0.1, 0.15) is 0 Å². The predicted molar refractivity (Wildman–Crippen MR) is 76.8 cm³/mol. The minimum atomic E-state index is -0.602. The van der Waals surface area contributed by atoms with Crippen molar-refractivity contribution in [1.82, 2.24) is 8.97 Å². The highest BCUT2D eigenvalue weighted by Gasteiger charge is 2.13.